The highest BCUT2D eigenvalue weighted by atomic mass is 32.2. The van der Waals surface area contributed by atoms with Crippen molar-refractivity contribution in [1.29, 1.82) is 0 Å². The van der Waals surface area contributed by atoms with Gasteiger partial charge in [0.15, 0.2) is 18.1 Å². The minimum Gasteiger partial charge on any atom is -0.490 e. The number of rotatable bonds is 10. The molecule has 1 fully saturated rings. The van der Waals surface area contributed by atoms with Crippen LogP contribution in [-0.2, 0) is 16.1 Å². The lowest BCUT2D eigenvalue weighted by Crippen LogP contribution is -2.27. The van der Waals surface area contributed by atoms with Crippen molar-refractivity contribution < 1.29 is 28.8 Å². The van der Waals surface area contributed by atoms with Crippen molar-refractivity contribution >= 4 is 46.3 Å². The fourth-order valence-electron chi connectivity index (χ4n) is 3.76. The number of anilines is 1. The molecule has 0 saturated carbocycles. The van der Waals surface area contributed by atoms with E-state index in [1.54, 1.807) is 49.4 Å². The van der Waals surface area contributed by atoms with Gasteiger partial charge in [0.2, 0.25) is 0 Å². The molecular formula is C28H25N3O7S. The van der Waals surface area contributed by atoms with Crippen LogP contribution >= 0.6 is 11.8 Å². The van der Waals surface area contributed by atoms with Crippen molar-refractivity contribution in [3.05, 3.63) is 98.4 Å². The molecule has 1 saturated heterocycles. The number of hydrogen-bond donors (Lipinski definition) is 1. The van der Waals surface area contributed by atoms with E-state index in [1.807, 2.05) is 19.1 Å². The molecule has 3 aromatic carbocycles. The van der Waals surface area contributed by atoms with Crippen molar-refractivity contribution in [1.82, 2.24) is 4.90 Å². The number of carbonyl (C=O) groups excluding carboxylic acids is 3. The van der Waals surface area contributed by atoms with Gasteiger partial charge in [-0.15, -0.1) is 0 Å². The second kappa shape index (κ2) is 12.3. The average molecular weight is 548 g/mol. The van der Waals surface area contributed by atoms with E-state index in [-0.39, 0.29) is 35.2 Å². The topological polar surface area (TPSA) is 128 Å². The molecule has 10 nitrogen and oxygen atoms in total. The van der Waals surface area contributed by atoms with E-state index >= 15 is 0 Å². The predicted octanol–water partition coefficient (Wildman–Crippen LogP) is 5.56. The van der Waals surface area contributed by atoms with Gasteiger partial charge in [0.05, 0.1) is 23.0 Å². The van der Waals surface area contributed by atoms with Crippen LogP contribution in [0.4, 0.5) is 16.2 Å². The van der Waals surface area contributed by atoms with Gasteiger partial charge in [-0.05, 0) is 61.5 Å². The molecule has 0 radical (unpaired) electrons. The van der Waals surface area contributed by atoms with Crippen LogP contribution in [0.2, 0.25) is 0 Å². The minimum absolute atomic E-state index is 0.162. The highest BCUT2D eigenvalue weighted by Gasteiger charge is 2.36. The second-order valence-corrected chi connectivity index (χ2v) is 9.49. The third-order valence-corrected chi connectivity index (χ3v) is 6.56. The fraction of sp³-hybridized carbons (Fsp3) is 0.179. The van der Waals surface area contributed by atoms with Gasteiger partial charge in [-0.25, -0.2) is 0 Å². The summed E-state index contributed by atoms with van der Waals surface area (Å²) >= 11 is 0.753. The summed E-state index contributed by atoms with van der Waals surface area (Å²) in [6, 6.07) is 18.3. The molecule has 1 aliphatic rings. The Balaban J connectivity index is 1.46. The number of aryl methyl sites for hydroxylation is 1. The lowest BCUT2D eigenvalue weighted by atomic mass is 10.1. The number of thioether (sulfide) groups is 1. The molecule has 0 spiro atoms. The number of ether oxygens (including phenoxy) is 2. The highest BCUT2D eigenvalue weighted by Crippen LogP contribution is 2.36. The molecule has 0 unspecified atom stereocenters. The third kappa shape index (κ3) is 6.82. The molecule has 1 N–H and O–H groups in total. The average Bonchev–Trinajstić information content (AvgIpc) is 3.17. The SMILES string of the molecule is CCOc1cc(/C=C2\SC(=O)N(Cc3ccccc3[N+](=O)[O-])C2=O)ccc1OCC(=O)Nc1ccc(C)cc1. The van der Waals surface area contributed by atoms with Crippen LogP contribution in [0.25, 0.3) is 6.08 Å². The molecule has 0 bridgehead atoms. The van der Waals surface area contributed by atoms with Crippen LogP contribution in [0, 0.1) is 17.0 Å². The predicted molar refractivity (Wildman–Crippen MR) is 148 cm³/mol. The maximum Gasteiger partial charge on any atom is 0.293 e. The fourth-order valence-corrected chi connectivity index (χ4v) is 4.60. The Labute approximate surface area is 228 Å². The molecule has 39 heavy (non-hydrogen) atoms. The number of nitrogens with one attached hydrogen (secondary N) is 1. The van der Waals surface area contributed by atoms with E-state index in [9.17, 15) is 24.5 Å². The number of nitro benzene ring substituents is 1. The summed E-state index contributed by atoms with van der Waals surface area (Å²) in [5.41, 5.74) is 2.41. The Kier molecular flexibility index (Phi) is 8.62. The smallest absolute Gasteiger partial charge is 0.293 e. The summed E-state index contributed by atoms with van der Waals surface area (Å²) in [6.07, 6.45) is 1.54. The Morgan fingerprint density at radius 3 is 2.51 bits per heavy atom. The van der Waals surface area contributed by atoms with Gasteiger partial charge in [0, 0.05) is 17.3 Å². The van der Waals surface area contributed by atoms with E-state index in [2.05, 4.69) is 5.32 Å². The first-order valence-electron chi connectivity index (χ1n) is 12.0. The number of carbonyl (C=O) groups is 3. The Hall–Kier alpha value is -4.64. The van der Waals surface area contributed by atoms with E-state index < -0.39 is 16.1 Å². The van der Waals surface area contributed by atoms with Gasteiger partial charge >= 0.3 is 0 Å². The molecule has 0 atom stereocenters. The first kappa shape index (κ1) is 27.4. The van der Waals surface area contributed by atoms with Crippen molar-refractivity contribution in [2.75, 3.05) is 18.5 Å². The number of amides is 3. The normalized spacial score (nSPS) is 14.0. The zero-order chi connectivity index (χ0) is 27.9. The van der Waals surface area contributed by atoms with Gasteiger partial charge in [-0.3, -0.25) is 29.4 Å². The molecule has 0 aliphatic carbocycles. The van der Waals surface area contributed by atoms with Gasteiger partial charge < -0.3 is 14.8 Å². The van der Waals surface area contributed by atoms with Gasteiger partial charge in [0.25, 0.3) is 22.7 Å². The molecule has 200 valence electrons. The molecule has 11 heteroatoms. The maximum absolute atomic E-state index is 13.0. The molecule has 3 amide bonds. The van der Waals surface area contributed by atoms with Crippen LogP contribution in [-0.4, -0.2) is 40.1 Å². The highest BCUT2D eigenvalue weighted by molar-refractivity contribution is 8.18. The van der Waals surface area contributed by atoms with Crippen LogP contribution in [0.15, 0.2) is 71.6 Å². The van der Waals surface area contributed by atoms with Gasteiger partial charge in [-0.2, -0.15) is 0 Å². The van der Waals surface area contributed by atoms with E-state index in [0.29, 0.717) is 29.4 Å². The van der Waals surface area contributed by atoms with Gasteiger partial charge in [0.1, 0.15) is 0 Å². The zero-order valence-electron chi connectivity index (χ0n) is 21.2. The summed E-state index contributed by atoms with van der Waals surface area (Å²) in [7, 11) is 0. The monoisotopic (exact) mass is 547 g/mol. The van der Waals surface area contributed by atoms with E-state index in [4.69, 9.17) is 9.47 Å². The largest absolute Gasteiger partial charge is 0.490 e. The number of para-hydroxylation sites is 1. The van der Waals surface area contributed by atoms with Crippen molar-refractivity contribution in [3.63, 3.8) is 0 Å². The maximum atomic E-state index is 13.0. The summed E-state index contributed by atoms with van der Waals surface area (Å²) in [4.78, 5) is 49.8. The van der Waals surface area contributed by atoms with Crippen LogP contribution in [0.1, 0.15) is 23.6 Å². The van der Waals surface area contributed by atoms with E-state index in [1.165, 1.54) is 18.2 Å². The third-order valence-electron chi connectivity index (χ3n) is 5.65. The molecular weight excluding hydrogens is 522 g/mol. The quantitative estimate of drug-likeness (QED) is 0.199. The van der Waals surface area contributed by atoms with Crippen LogP contribution in [0.3, 0.4) is 0 Å². The molecule has 0 aromatic heterocycles. The number of nitrogens with zero attached hydrogens (tertiary/aromatic N) is 2. The van der Waals surface area contributed by atoms with Crippen molar-refractivity contribution in [2.45, 2.75) is 20.4 Å². The summed E-state index contributed by atoms with van der Waals surface area (Å²) in [5.74, 6) is -0.169. The van der Waals surface area contributed by atoms with Crippen LogP contribution in [0.5, 0.6) is 11.5 Å². The van der Waals surface area contributed by atoms with Crippen molar-refractivity contribution in [2.24, 2.45) is 0 Å². The Morgan fingerprint density at radius 1 is 1.05 bits per heavy atom. The number of hydrogen-bond acceptors (Lipinski definition) is 8. The summed E-state index contributed by atoms with van der Waals surface area (Å²) < 4.78 is 11.3. The molecule has 4 rings (SSSR count). The van der Waals surface area contributed by atoms with Gasteiger partial charge in [-0.1, -0.05) is 42.0 Å². The first-order chi connectivity index (χ1) is 18.7. The van der Waals surface area contributed by atoms with Crippen molar-refractivity contribution in [3.8, 4) is 11.5 Å². The lowest BCUT2D eigenvalue weighted by molar-refractivity contribution is -0.385. The Bertz CT molecular complexity index is 1450. The molecule has 1 aliphatic heterocycles. The number of benzene rings is 3. The minimum atomic E-state index is -0.547. The summed E-state index contributed by atoms with van der Waals surface area (Å²) in [6.45, 7) is 3.65. The number of nitro groups is 1. The number of imide groups is 1. The first-order valence-corrected chi connectivity index (χ1v) is 12.8. The second-order valence-electron chi connectivity index (χ2n) is 8.50. The molecule has 3 aromatic rings. The lowest BCUT2D eigenvalue weighted by Gasteiger charge is -2.13. The zero-order valence-corrected chi connectivity index (χ0v) is 22.0. The van der Waals surface area contributed by atoms with Crippen LogP contribution < -0.4 is 14.8 Å². The van der Waals surface area contributed by atoms with E-state index in [0.717, 1.165) is 22.2 Å². The Morgan fingerprint density at radius 2 is 1.79 bits per heavy atom. The summed E-state index contributed by atoms with van der Waals surface area (Å²) in [5, 5.41) is 13.6. The standard InChI is InChI=1S/C28H25N3O7S/c1-3-37-24-14-19(10-13-23(24)38-17-26(32)29-21-11-8-18(2)9-12-21)15-25-27(33)30(28(34)39-25)16-20-6-4-5-7-22(20)31(35)36/h4-15H,3,16-17H2,1-2H3,(H,29,32)/b25-15-. The molecule has 1 heterocycles.